The summed E-state index contributed by atoms with van der Waals surface area (Å²) in [6.07, 6.45) is 3.32. The molecule has 0 atom stereocenters. The van der Waals surface area contributed by atoms with Gasteiger partial charge in [-0.3, -0.25) is 19.7 Å². The summed E-state index contributed by atoms with van der Waals surface area (Å²) in [5, 5.41) is 16.7. The second kappa shape index (κ2) is 7.12. The van der Waals surface area contributed by atoms with E-state index in [0.717, 1.165) is 16.1 Å². The zero-order valence-corrected chi connectivity index (χ0v) is 15.4. The lowest BCUT2D eigenvalue weighted by Gasteiger charge is -2.23. The highest BCUT2D eigenvalue weighted by Gasteiger charge is 2.34. The summed E-state index contributed by atoms with van der Waals surface area (Å²) >= 11 is 0. The number of non-ortho nitro benzene ring substituents is 1. The maximum atomic E-state index is 12.9. The fourth-order valence-electron chi connectivity index (χ4n) is 3.33. The number of allylic oxidation sites excluding steroid dienone is 1. The maximum absolute atomic E-state index is 12.9. The van der Waals surface area contributed by atoms with Crippen molar-refractivity contribution in [2.75, 3.05) is 0 Å². The lowest BCUT2D eigenvalue weighted by atomic mass is 9.94. The van der Waals surface area contributed by atoms with E-state index < -0.39 is 16.7 Å². The second-order valence-electron chi connectivity index (χ2n) is 6.58. The maximum Gasteiger partial charge on any atom is 0.282 e. The van der Waals surface area contributed by atoms with Gasteiger partial charge >= 0.3 is 0 Å². The molecule has 0 N–H and O–H groups in total. The summed E-state index contributed by atoms with van der Waals surface area (Å²) < 4.78 is 0. The fraction of sp³-hybridized carbons (Fsp3) is 0.0455. The average molecular weight is 385 g/mol. The Morgan fingerprint density at radius 3 is 2.34 bits per heavy atom. The Bertz CT molecular complexity index is 1210. The molecule has 0 bridgehead atoms. The first-order valence-corrected chi connectivity index (χ1v) is 8.83. The van der Waals surface area contributed by atoms with Gasteiger partial charge in [0.2, 0.25) is 0 Å². The van der Waals surface area contributed by atoms with Crippen molar-refractivity contribution in [1.29, 1.82) is 0 Å². The first kappa shape index (κ1) is 18.2. The molecule has 4 rings (SSSR count). The lowest BCUT2D eigenvalue weighted by molar-refractivity contribution is -0.383. The number of hydrogen-bond donors (Lipinski definition) is 0. The number of nitro benzene ring substituents is 1. The van der Waals surface area contributed by atoms with Crippen molar-refractivity contribution >= 4 is 40.6 Å². The number of benzene rings is 3. The molecule has 0 spiro atoms. The number of amides is 2. The Morgan fingerprint density at radius 1 is 0.966 bits per heavy atom. The third-order valence-electron chi connectivity index (χ3n) is 4.63. The normalized spacial score (nSPS) is 14.1. The summed E-state index contributed by atoms with van der Waals surface area (Å²) in [6.45, 7) is 1.81. The van der Waals surface area contributed by atoms with Gasteiger partial charge in [-0.25, -0.2) is 0 Å². The minimum absolute atomic E-state index is 0.148. The number of imide groups is 1. The molecular weight excluding hydrogens is 370 g/mol. The predicted molar refractivity (Wildman–Crippen MR) is 110 cm³/mol. The van der Waals surface area contributed by atoms with Crippen molar-refractivity contribution in [2.24, 2.45) is 5.10 Å². The van der Waals surface area contributed by atoms with E-state index in [4.69, 9.17) is 0 Å². The van der Waals surface area contributed by atoms with E-state index in [1.165, 1.54) is 24.4 Å². The van der Waals surface area contributed by atoms with E-state index in [0.29, 0.717) is 5.39 Å². The largest absolute Gasteiger partial charge is 0.282 e. The molecule has 1 aliphatic heterocycles. The van der Waals surface area contributed by atoms with Gasteiger partial charge in [0.05, 0.1) is 27.7 Å². The highest BCUT2D eigenvalue weighted by atomic mass is 16.6. The highest BCUT2D eigenvalue weighted by Crippen LogP contribution is 2.35. The average Bonchev–Trinajstić information content (AvgIpc) is 2.72. The van der Waals surface area contributed by atoms with Crippen molar-refractivity contribution in [3.63, 3.8) is 0 Å². The Balaban J connectivity index is 1.74. The van der Waals surface area contributed by atoms with Crippen LogP contribution in [0.5, 0.6) is 0 Å². The van der Waals surface area contributed by atoms with E-state index in [2.05, 4.69) is 5.10 Å². The molecule has 0 unspecified atom stereocenters. The molecule has 7 nitrogen and oxygen atoms in total. The van der Waals surface area contributed by atoms with Gasteiger partial charge < -0.3 is 0 Å². The molecule has 0 radical (unpaired) electrons. The van der Waals surface area contributed by atoms with Crippen LogP contribution in [-0.2, 0) is 0 Å². The van der Waals surface area contributed by atoms with Crippen molar-refractivity contribution in [3.05, 3.63) is 93.0 Å². The van der Waals surface area contributed by atoms with Gasteiger partial charge in [0.15, 0.2) is 0 Å². The van der Waals surface area contributed by atoms with Crippen LogP contribution in [0.15, 0.2) is 71.3 Å². The van der Waals surface area contributed by atoms with Crippen molar-refractivity contribution in [2.45, 2.75) is 6.92 Å². The van der Waals surface area contributed by atoms with E-state index in [1.54, 1.807) is 12.1 Å². The van der Waals surface area contributed by atoms with Crippen LogP contribution < -0.4 is 0 Å². The summed E-state index contributed by atoms with van der Waals surface area (Å²) in [5.41, 5.74) is 2.00. The molecule has 7 heteroatoms. The zero-order valence-electron chi connectivity index (χ0n) is 15.4. The Hall–Kier alpha value is -4.13. The molecular formula is C22H15N3O4. The molecule has 0 aliphatic carbocycles. The van der Waals surface area contributed by atoms with Crippen molar-refractivity contribution < 1.29 is 14.5 Å². The highest BCUT2D eigenvalue weighted by molar-refractivity contribution is 6.26. The molecule has 0 saturated carbocycles. The monoisotopic (exact) mass is 385 g/mol. The van der Waals surface area contributed by atoms with E-state index in [-0.39, 0.29) is 22.2 Å². The van der Waals surface area contributed by atoms with Crippen molar-refractivity contribution in [3.8, 4) is 0 Å². The third-order valence-corrected chi connectivity index (χ3v) is 4.63. The van der Waals surface area contributed by atoms with E-state index in [1.807, 2.05) is 43.3 Å². The Labute approximate surface area is 165 Å². The van der Waals surface area contributed by atoms with E-state index in [9.17, 15) is 19.7 Å². The first-order chi connectivity index (χ1) is 14.0. The second-order valence-corrected chi connectivity index (χ2v) is 6.58. The van der Waals surface area contributed by atoms with Crippen LogP contribution in [-0.4, -0.2) is 28.0 Å². The molecule has 0 aromatic heterocycles. The zero-order chi connectivity index (χ0) is 20.5. The minimum Gasteiger partial charge on any atom is -0.267 e. The predicted octanol–water partition coefficient (Wildman–Crippen LogP) is 4.43. The third kappa shape index (κ3) is 3.19. The number of hydrazone groups is 1. The number of carbonyl (C=O) groups is 2. The lowest BCUT2D eigenvalue weighted by Crippen LogP contribution is -2.36. The molecule has 1 aliphatic rings. The quantitative estimate of drug-likeness (QED) is 0.287. The molecule has 2 amide bonds. The van der Waals surface area contributed by atoms with Crippen LogP contribution in [0.2, 0.25) is 0 Å². The summed E-state index contributed by atoms with van der Waals surface area (Å²) in [5.74, 6) is -1.23. The van der Waals surface area contributed by atoms with Gasteiger partial charge in [-0.2, -0.15) is 10.1 Å². The van der Waals surface area contributed by atoms with Crippen LogP contribution in [0.1, 0.15) is 33.2 Å². The molecule has 3 aromatic carbocycles. The number of hydrogen-bond acceptors (Lipinski definition) is 5. The summed E-state index contributed by atoms with van der Waals surface area (Å²) in [6, 6.07) is 16.9. The molecule has 0 fully saturated rings. The van der Waals surface area contributed by atoms with Crippen LogP contribution >= 0.6 is 0 Å². The number of nitrogens with zero attached hydrogens (tertiary/aromatic N) is 3. The molecule has 29 heavy (non-hydrogen) atoms. The fourth-order valence-corrected chi connectivity index (χ4v) is 3.33. The Kier molecular flexibility index (Phi) is 4.48. The molecule has 0 saturated heterocycles. The number of nitro groups is 1. The van der Waals surface area contributed by atoms with Crippen LogP contribution in [0, 0.1) is 10.1 Å². The number of rotatable bonds is 4. The molecule has 3 aromatic rings. The van der Waals surface area contributed by atoms with Gasteiger partial charge in [0.1, 0.15) is 0 Å². The van der Waals surface area contributed by atoms with Gasteiger partial charge in [-0.1, -0.05) is 42.5 Å². The summed E-state index contributed by atoms with van der Waals surface area (Å²) in [4.78, 5) is 36.5. The van der Waals surface area contributed by atoms with Crippen molar-refractivity contribution in [1.82, 2.24) is 5.01 Å². The van der Waals surface area contributed by atoms with Crippen LogP contribution in [0.4, 0.5) is 5.69 Å². The van der Waals surface area contributed by atoms with Crippen LogP contribution in [0.3, 0.4) is 0 Å². The van der Waals surface area contributed by atoms with Crippen LogP contribution in [0.25, 0.3) is 16.8 Å². The topological polar surface area (TPSA) is 92.9 Å². The summed E-state index contributed by atoms with van der Waals surface area (Å²) in [7, 11) is 0. The number of carbonyl (C=O) groups excluding carboxylic acids is 2. The first-order valence-electron chi connectivity index (χ1n) is 8.83. The molecule has 1 heterocycles. The SMILES string of the molecule is CC(/C=N\N1C(=O)c2cccc3c([N+](=O)[O-])ccc(c23)C1=O)=C\c1ccccc1. The van der Waals surface area contributed by atoms with Gasteiger partial charge in [0.25, 0.3) is 17.5 Å². The standard InChI is InChI=1S/C22H15N3O4/c1-14(12-15-6-3-2-4-7-15)13-23-24-21(26)17-9-5-8-16-19(25(28)29)11-10-18(20(16)17)22(24)27/h2-13H,1H3/b14-12+,23-13-. The minimum atomic E-state index is -0.614. The van der Waals surface area contributed by atoms with E-state index >= 15 is 0 Å². The smallest absolute Gasteiger partial charge is 0.267 e. The van der Waals surface area contributed by atoms with Gasteiger partial charge in [-0.15, -0.1) is 0 Å². The van der Waals surface area contributed by atoms with Gasteiger partial charge in [0, 0.05) is 11.5 Å². The van der Waals surface area contributed by atoms with Gasteiger partial charge in [-0.05, 0) is 36.3 Å². The Morgan fingerprint density at radius 2 is 1.66 bits per heavy atom. The molecule has 142 valence electrons.